The first kappa shape index (κ1) is 10.9. The van der Waals surface area contributed by atoms with Crippen molar-refractivity contribution >= 4 is 5.69 Å². The van der Waals surface area contributed by atoms with Crippen LogP contribution in [-0.2, 0) is 12.8 Å². The maximum absolute atomic E-state index is 5.91. The van der Waals surface area contributed by atoms with Crippen molar-refractivity contribution in [2.24, 2.45) is 0 Å². The van der Waals surface area contributed by atoms with Gasteiger partial charge in [-0.1, -0.05) is 30.3 Å². The molecule has 1 N–H and O–H groups in total. The highest BCUT2D eigenvalue weighted by Gasteiger charge is 2.17. The molecule has 2 aromatic carbocycles. The zero-order valence-corrected chi connectivity index (χ0v) is 10.9. The lowest BCUT2D eigenvalue weighted by Crippen LogP contribution is -2.09. The number of nitrogens with one attached hydrogen (secondary N) is 1. The SMILES string of the molecule is c1cc2c(c(-c3ccc4c(c3)NCC4)c1)OCCC2. The van der Waals surface area contributed by atoms with Gasteiger partial charge in [-0.2, -0.15) is 0 Å². The fourth-order valence-electron chi connectivity index (χ4n) is 3.07. The number of hydrogen-bond donors (Lipinski definition) is 1. The van der Waals surface area contributed by atoms with Gasteiger partial charge in [0.05, 0.1) is 6.61 Å². The molecule has 0 saturated heterocycles. The lowest BCUT2D eigenvalue weighted by atomic mass is 9.96. The zero-order chi connectivity index (χ0) is 12.7. The zero-order valence-electron chi connectivity index (χ0n) is 10.9. The van der Waals surface area contributed by atoms with E-state index in [0.29, 0.717) is 0 Å². The summed E-state index contributed by atoms with van der Waals surface area (Å²) in [4.78, 5) is 0. The number of aryl methyl sites for hydroxylation is 1. The number of benzene rings is 2. The average Bonchev–Trinajstić information content (AvgIpc) is 2.94. The van der Waals surface area contributed by atoms with Gasteiger partial charge in [0.15, 0.2) is 0 Å². The molecule has 2 aliphatic heterocycles. The molecule has 2 heteroatoms. The molecule has 0 aliphatic carbocycles. The topological polar surface area (TPSA) is 21.3 Å². The first-order valence-corrected chi connectivity index (χ1v) is 7.04. The van der Waals surface area contributed by atoms with Crippen LogP contribution in [0.3, 0.4) is 0 Å². The van der Waals surface area contributed by atoms with Crippen molar-refractivity contribution in [2.75, 3.05) is 18.5 Å². The molecule has 0 spiro atoms. The van der Waals surface area contributed by atoms with E-state index in [9.17, 15) is 0 Å². The van der Waals surface area contributed by atoms with Gasteiger partial charge >= 0.3 is 0 Å². The predicted molar refractivity (Wildman–Crippen MR) is 77.9 cm³/mol. The fourth-order valence-corrected chi connectivity index (χ4v) is 3.07. The van der Waals surface area contributed by atoms with Crippen LogP contribution in [0.1, 0.15) is 17.5 Å². The van der Waals surface area contributed by atoms with Gasteiger partial charge in [-0.15, -0.1) is 0 Å². The Hall–Kier alpha value is -1.96. The van der Waals surface area contributed by atoms with Gasteiger partial charge in [0.25, 0.3) is 0 Å². The molecule has 19 heavy (non-hydrogen) atoms. The van der Waals surface area contributed by atoms with E-state index in [1.165, 1.54) is 27.9 Å². The molecule has 2 heterocycles. The van der Waals surface area contributed by atoms with Crippen molar-refractivity contribution in [1.29, 1.82) is 0 Å². The molecule has 0 aromatic heterocycles. The number of ether oxygens (including phenoxy) is 1. The average molecular weight is 251 g/mol. The maximum atomic E-state index is 5.91. The highest BCUT2D eigenvalue weighted by atomic mass is 16.5. The second-order valence-corrected chi connectivity index (χ2v) is 5.29. The van der Waals surface area contributed by atoms with Gasteiger partial charge in [0.2, 0.25) is 0 Å². The predicted octanol–water partition coefficient (Wildman–Crippen LogP) is 3.65. The Morgan fingerprint density at radius 3 is 3.00 bits per heavy atom. The van der Waals surface area contributed by atoms with Gasteiger partial charge in [0, 0.05) is 17.8 Å². The summed E-state index contributed by atoms with van der Waals surface area (Å²) in [6.45, 7) is 1.90. The van der Waals surface area contributed by atoms with E-state index in [1.54, 1.807) is 0 Å². The van der Waals surface area contributed by atoms with Crippen molar-refractivity contribution in [3.63, 3.8) is 0 Å². The summed E-state index contributed by atoms with van der Waals surface area (Å²) in [6.07, 6.45) is 3.40. The van der Waals surface area contributed by atoms with Gasteiger partial charge in [-0.25, -0.2) is 0 Å². The number of para-hydroxylation sites is 1. The lowest BCUT2D eigenvalue weighted by molar-refractivity contribution is 0.289. The molecule has 0 saturated carbocycles. The Bertz CT molecular complexity index is 633. The summed E-state index contributed by atoms with van der Waals surface area (Å²) in [5, 5.41) is 3.45. The highest BCUT2D eigenvalue weighted by Crippen LogP contribution is 2.38. The third kappa shape index (κ3) is 1.79. The van der Waals surface area contributed by atoms with Crippen molar-refractivity contribution in [3.8, 4) is 16.9 Å². The van der Waals surface area contributed by atoms with Crippen molar-refractivity contribution in [1.82, 2.24) is 0 Å². The third-order valence-corrected chi connectivity index (χ3v) is 4.06. The van der Waals surface area contributed by atoms with E-state index in [0.717, 1.165) is 38.2 Å². The molecule has 0 fully saturated rings. The molecule has 0 bridgehead atoms. The molecule has 0 radical (unpaired) electrons. The van der Waals surface area contributed by atoms with Crippen LogP contribution in [0.2, 0.25) is 0 Å². The maximum Gasteiger partial charge on any atom is 0.130 e. The standard InChI is InChI=1S/C17H17NO/c1-3-13-4-2-10-19-17(13)15(5-1)14-7-6-12-8-9-18-16(12)11-14/h1,3,5-7,11,18H,2,4,8-10H2. The summed E-state index contributed by atoms with van der Waals surface area (Å²) in [5.74, 6) is 1.09. The molecular weight excluding hydrogens is 234 g/mol. The molecule has 2 aromatic rings. The summed E-state index contributed by atoms with van der Waals surface area (Å²) < 4.78 is 5.91. The first-order chi connectivity index (χ1) is 9.42. The quantitative estimate of drug-likeness (QED) is 0.835. The Morgan fingerprint density at radius 1 is 1.00 bits per heavy atom. The summed E-state index contributed by atoms with van der Waals surface area (Å²) in [5.41, 5.74) is 6.54. The smallest absolute Gasteiger partial charge is 0.130 e. The Morgan fingerprint density at radius 2 is 2.00 bits per heavy atom. The fraction of sp³-hybridized carbons (Fsp3) is 0.294. The minimum atomic E-state index is 0.840. The number of hydrogen-bond acceptors (Lipinski definition) is 2. The second kappa shape index (κ2) is 4.30. The molecule has 96 valence electrons. The summed E-state index contributed by atoms with van der Waals surface area (Å²) in [7, 11) is 0. The molecule has 0 atom stereocenters. The normalized spacial score (nSPS) is 16.2. The summed E-state index contributed by atoms with van der Waals surface area (Å²) in [6, 6.07) is 13.2. The summed E-state index contributed by atoms with van der Waals surface area (Å²) >= 11 is 0. The monoisotopic (exact) mass is 251 g/mol. The minimum absolute atomic E-state index is 0.840. The lowest BCUT2D eigenvalue weighted by Gasteiger charge is -2.20. The van der Waals surface area contributed by atoms with Crippen LogP contribution in [0.4, 0.5) is 5.69 Å². The van der Waals surface area contributed by atoms with E-state index in [4.69, 9.17) is 4.74 Å². The van der Waals surface area contributed by atoms with E-state index >= 15 is 0 Å². The van der Waals surface area contributed by atoms with Gasteiger partial charge < -0.3 is 10.1 Å². The Kier molecular flexibility index (Phi) is 2.47. The van der Waals surface area contributed by atoms with Gasteiger partial charge in [0.1, 0.15) is 5.75 Å². The van der Waals surface area contributed by atoms with Gasteiger partial charge in [-0.3, -0.25) is 0 Å². The Labute approximate surface area is 113 Å². The highest BCUT2D eigenvalue weighted by molar-refractivity contribution is 5.76. The van der Waals surface area contributed by atoms with Crippen LogP contribution in [0, 0.1) is 0 Å². The number of fused-ring (bicyclic) bond motifs is 2. The van der Waals surface area contributed by atoms with Crippen molar-refractivity contribution in [2.45, 2.75) is 19.3 Å². The third-order valence-electron chi connectivity index (χ3n) is 4.06. The van der Waals surface area contributed by atoms with E-state index < -0.39 is 0 Å². The van der Waals surface area contributed by atoms with E-state index in [2.05, 4.69) is 41.7 Å². The molecule has 4 rings (SSSR count). The van der Waals surface area contributed by atoms with Crippen LogP contribution in [0.5, 0.6) is 5.75 Å². The molecule has 0 unspecified atom stereocenters. The van der Waals surface area contributed by atoms with Crippen LogP contribution >= 0.6 is 0 Å². The van der Waals surface area contributed by atoms with Crippen LogP contribution < -0.4 is 10.1 Å². The molecule has 2 nitrogen and oxygen atoms in total. The first-order valence-electron chi connectivity index (χ1n) is 7.04. The van der Waals surface area contributed by atoms with E-state index in [-0.39, 0.29) is 0 Å². The van der Waals surface area contributed by atoms with E-state index in [1.807, 2.05) is 0 Å². The van der Waals surface area contributed by atoms with Gasteiger partial charge in [-0.05, 0) is 42.0 Å². The molecule has 2 aliphatic rings. The van der Waals surface area contributed by atoms with Crippen molar-refractivity contribution in [3.05, 3.63) is 47.5 Å². The number of rotatable bonds is 1. The molecule has 0 amide bonds. The Balaban J connectivity index is 1.84. The van der Waals surface area contributed by atoms with Crippen LogP contribution in [-0.4, -0.2) is 13.2 Å². The largest absolute Gasteiger partial charge is 0.493 e. The second-order valence-electron chi connectivity index (χ2n) is 5.29. The van der Waals surface area contributed by atoms with Crippen LogP contribution in [0.15, 0.2) is 36.4 Å². The minimum Gasteiger partial charge on any atom is -0.493 e. The number of anilines is 1. The van der Waals surface area contributed by atoms with Crippen molar-refractivity contribution < 1.29 is 4.74 Å². The van der Waals surface area contributed by atoms with Crippen LogP contribution in [0.25, 0.3) is 11.1 Å². The molecular formula is C17H17NO.